The predicted molar refractivity (Wildman–Crippen MR) is 74.2 cm³/mol. The van der Waals surface area contributed by atoms with E-state index in [4.69, 9.17) is 5.73 Å². The van der Waals surface area contributed by atoms with E-state index in [2.05, 4.69) is 16.2 Å². The molecule has 1 atom stereocenters. The monoisotopic (exact) mass is 264 g/mol. The third-order valence-corrected chi connectivity index (χ3v) is 2.39. The first kappa shape index (κ1) is 15.0. The second-order valence-electron chi connectivity index (χ2n) is 4.67. The van der Waals surface area contributed by atoms with Crippen LogP contribution in [0.15, 0.2) is 30.3 Å². The second-order valence-corrected chi connectivity index (χ2v) is 4.67. The zero-order chi connectivity index (χ0) is 14.3. The van der Waals surface area contributed by atoms with Crippen LogP contribution in [0.2, 0.25) is 0 Å². The van der Waals surface area contributed by atoms with E-state index in [0.717, 1.165) is 0 Å². The average molecular weight is 264 g/mol. The lowest BCUT2D eigenvalue weighted by molar-refractivity contribution is -0.123. The molecule has 0 spiro atoms. The Morgan fingerprint density at radius 2 is 1.79 bits per heavy atom. The van der Waals surface area contributed by atoms with Crippen molar-refractivity contribution < 1.29 is 9.59 Å². The van der Waals surface area contributed by atoms with Gasteiger partial charge in [0, 0.05) is 5.69 Å². The van der Waals surface area contributed by atoms with Crippen molar-refractivity contribution in [3.8, 4) is 0 Å². The van der Waals surface area contributed by atoms with Crippen molar-refractivity contribution in [2.75, 3.05) is 5.32 Å². The molecule has 5 N–H and O–H groups in total. The average Bonchev–Trinajstić information content (AvgIpc) is 2.36. The van der Waals surface area contributed by atoms with Gasteiger partial charge in [-0.2, -0.15) is 0 Å². The number of hydrogen-bond donors (Lipinski definition) is 4. The molecule has 104 valence electrons. The van der Waals surface area contributed by atoms with E-state index in [1.807, 2.05) is 19.9 Å². The Balaban J connectivity index is 2.32. The van der Waals surface area contributed by atoms with Crippen LogP contribution in [-0.2, 0) is 4.79 Å². The van der Waals surface area contributed by atoms with Crippen molar-refractivity contribution in [1.29, 1.82) is 0 Å². The van der Waals surface area contributed by atoms with Crippen LogP contribution in [0.4, 0.5) is 10.5 Å². The quantitative estimate of drug-likeness (QED) is 0.615. The highest BCUT2D eigenvalue weighted by Gasteiger charge is 2.15. The van der Waals surface area contributed by atoms with Gasteiger partial charge in [0.05, 0.1) is 6.04 Å². The molecule has 1 aromatic carbocycles. The molecule has 0 saturated carbocycles. The minimum atomic E-state index is -0.628. The molecule has 0 fully saturated rings. The van der Waals surface area contributed by atoms with Gasteiger partial charge in [0.25, 0.3) is 5.91 Å². The number of amides is 3. The Morgan fingerprint density at radius 3 is 2.37 bits per heavy atom. The molecule has 3 amide bonds. The molecule has 0 bridgehead atoms. The summed E-state index contributed by atoms with van der Waals surface area (Å²) in [6, 6.07) is 7.78. The zero-order valence-electron chi connectivity index (χ0n) is 11.1. The molecule has 1 rings (SSSR count). The van der Waals surface area contributed by atoms with Crippen LogP contribution in [0, 0.1) is 5.92 Å². The van der Waals surface area contributed by atoms with Gasteiger partial charge < -0.3 is 11.1 Å². The van der Waals surface area contributed by atoms with Crippen molar-refractivity contribution in [3.05, 3.63) is 30.3 Å². The molecule has 6 heteroatoms. The lowest BCUT2D eigenvalue weighted by Gasteiger charge is -2.14. The molecule has 1 aromatic rings. The van der Waals surface area contributed by atoms with Gasteiger partial charge >= 0.3 is 6.03 Å². The number of anilines is 1. The fourth-order valence-corrected chi connectivity index (χ4v) is 1.51. The van der Waals surface area contributed by atoms with Gasteiger partial charge in [-0.1, -0.05) is 32.0 Å². The predicted octanol–water partition coefficient (Wildman–Crippen LogP) is 1.21. The summed E-state index contributed by atoms with van der Waals surface area (Å²) in [7, 11) is 0. The minimum absolute atomic E-state index is 0.318. The summed E-state index contributed by atoms with van der Waals surface area (Å²) < 4.78 is 0. The summed E-state index contributed by atoms with van der Waals surface area (Å²) in [5.41, 5.74) is 10.9. The Hall–Kier alpha value is -2.08. The fourth-order valence-electron chi connectivity index (χ4n) is 1.51. The standard InChI is InChI=1S/C13H20N4O2/c1-9(2)8-11(14)12(18)16-17-13(19)15-10-6-4-3-5-7-10/h3-7,9,11H,8,14H2,1-2H3,(H,16,18)(H2,15,17,19). The highest BCUT2D eigenvalue weighted by atomic mass is 16.2. The van der Waals surface area contributed by atoms with E-state index in [9.17, 15) is 9.59 Å². The Morgan fingerprint density at radius 1 is 1.16 bits per heavy atom. The van der Waals surface area contributed by atoms with E-state index in [1.54, 1.807) is 24.3 Å². The van der Waals surface area contributed by atoms with Gasteiger partial charge in [0.1, 0.15) is 0 Å². The minimum Gasteiger partial charge on any atom is -0.320 e. The van der Waals surface area contributed by atoms with Gasteiger partial charge in [0.2, 0.25) is 0 Å². The van der Waals surface area contributed by atoms with E-state index >= 15 is 0 Å². The van der Waals surface area contributed by atoms with Crippen LogP contribution in [0.5, 0.6) is 0 Å². The van der Waals surface area contributed by atoms with Gasteiger partial charge in [-0.05, 0) is 24.5 Å². The summed E-state index contributed by atoms with van der Waals surface area (Å²) in [4.78, 5) is 23.0. The maximum absolute atomic E-state index is 11.6. The summed E-state index contributed by atoms with van der Waals surface area (Å²) >= 11 is 0. The molecule has 0 aromatic heterocycles. The van der Waals surface area contributed by atoms with E-state index in [0.29, 0.717) is 18.0 Å². The van der Waals surface area contributed by atoms with Crippen molar-refractivity contribution >= 4 is 17.6 Å². The number of hydrazine groups is 1. The SMILES string of the molecule is CC(C)CC(N)C(=O)NNC(=O)Nc1ccccc1. The van der Waals surface area contributed by atoms with E-state index in [1.165, 1.54) is 0 Å². The molecule has 1 unspecified atom stereocenters. The highest BCUT2D eigenvalue weighted by Crippen LogP contribution is 2.04. The van der Waals surface area contributed by atoms with Crippen LogP contribution in [-0.4, -0.2) is 18.0 Å². The third-order valence-electron chi connectivity index (χ3n) is 2.39. The number of urea groups is 1. The number of benzene rings is 1. The summed E-state index contributed by atoms with van der Waals surface area (Å²) in [6.07, 6.45) is 0.563. The van der Waals surface area contributed by atoms with Crippen LogP contribution < -0.4 is 21.9 Å². The number of carbonyl (C=O) groups excluding carboxylic acids is 2. The number of para-hydroxylation sites is 1. The molecule has 0 radical (unpaired) electrons. The van der Waals surface area contributed by atoms with Crippen molar-refractivity contribution in [2.24, 2.45) is 11.7 Å². The fraction of sp³-hybridized carbons (Fsp3) is 0.385. The molecular formula is C13H20N4O2. The lowest BCUT2D eigenvalue weighted by Crippen LogP contribution is -2.50. The summed E-state index contributed by atoms with van der Waals surface area (Å²) in [5.74, 6) is -0.0872. The van der Waals surface area contributed by atoms with Gasteiger partial charge in [-0.25, -0.2) is 10.2 Å². The molecule has 0 heterocycles. The number of hydrogen-bond acceptors (Lipinski definition) is 3. The number of rotatable bonds is 4. The molecule has 0 aliphatic carbocycles. The third kappa shape index (κ3) is 5.87. The topological polar surface area (TPSA) is 96.2 Å². The van der Waals surface area contributed by atoms with Gasteiger partial charge in [-0.15, -0.1) is 0 Å². The molecule has 0 saturated heterocycles. The first-order valence-corrected chi connectivity index (χ1v) is 6.16. The van der Waals surface area contributed by atoms with Crippen molar-refractivity contribution in [3.63, 3.8) is 0 Å². The number of nitrogens with two attached hydrogens (primary N) is 1. The van der Waals surface area contributed by atoms with Crippen molar-refractivity contribution in [2.45, 2.75) is 26.3 Å². The van der Waals surface area contributed by atoms with Crippen LogP contribution in [0.25, 0.3) is 0 Å². The smallest absolute Gasteiger partial charge is 0.320 e. The maximum atomic E-state index is 11.6. The number of carbonyl (C=O) groups is 2. The van der Waals surface area contributed by atoms with Crippen LogP contribution in [0.3, 0.4) is 0 Å². The molecular weight excluding hydrogens is 244 g/mol. The largest absolute Gasteiger partial charge is 0.337 e. The number of nitrogens with one attached hydrogen (secondary N) is 3. The van der Waals surface area contributed by atoms with Crippen LogP contribution >= 0.6 is 0 Å². The van der Waals surface area contributed by atoms with Crippen molar-refractivity contribution in [1.82, 2.24) is 10.9 Å². The molecule has 19 heavy (non-hydrogen) atoms. The molecule has 6 nitrogen and oxygen atoms in total. The highest BCUT2D eigenvalue weighted by molar-refractivity contribution is 5.91. The normalized spacial score (nSPS) is 11.8. The second kappa shape index (κ2) is 7.38. The van der Waals surface area contributed by atoms with E-state index < -0.39 is 18.0 Å². The summed E-state index contributed by atoms with van der Waals surface area (Å²) in [6.45, 7) is 3.95. The van der Waals surface area contributed by atoms with Gasteiger partial charge in [-0.3, -0.25) is 10.2 Å². The maximum Gasteiger partial charge on any atom is 0.337 e. The van der Waals surface area contributed by atoms with E-state index in [-0.39, 0.29) is 0 Å². The first-order valence-electron chi connectivity index (χ1n) is 6.16. The summed E-state index contributed by atoms with van der Waals surface area (Å²) in [5, 5.41) is 2.57. The first-order chi connectivity index (χ1) is 8.99. The van der Waals surface area contributed by atoms with Gasteiger partial charge in [0.15, 0.2) is 0 Å². The Kier molecular flexibility index (Phi) is 5.81. The lowest BCUT2D eigenvalue weighted by atomic mass is 10.0. The Bertz CT molecular complexity index is 420. The molecule has 0 aliphatic heterocycles. The Labute approximate surface area is 112 Å². The zero-order valence-corrected chi connectivity index (χ0v) is 11.1. The molecule has 0 aliphatic rings. The van der Waals surface area contributed by atoms with Crippen LogP contribution in [0.1, 0.15) is 20.3 Å².